The van der Waals surface area contributed by atoms with E-state index < -0.39 is 51.2 Å². The molecule has 0 radical (unpaired) electrons. The van der Waals surface area contributed by atoms with Crippen molar-refractivity contribution >= 4 is 50.0 Å². The number of esters is 1. The first-order chi connectivity index (χ1) is 16.0. The van der Waals surface area contributed by atoms with Crippen LogP contribution in [0.4, 0.5) is 24.5 Å². The van der Waals surface area contributed by atoms with Crippen LogP contribution in [0.25, 0.3) is 0 Å². The Morgan fingerprint density at radius 3 is 2.32 bits per heavy atom. The number of hydrazine groups is 1. The van der Waals surface area contributed by atoms with E-state index in [0.717, 1.165) is 18.7 Å². The molecule has 0 aliphatic heterocycles. The maximum Gasteiger partial charge on any atom is 0.340 e. The number of halogens is 4. The van der Waals surface area contributed by atoms with Gasteiger partial charge in [-0.1, -0.05) is 17.7 Å². The monoisotopic (exact) mass is 605 g/mol. The molecule has 3 rings (SSSR count). The zero-order valence-electron chi connectivity index (χ0n) is 17.9. The van der Waals surface area contributed by atoms with Crippen LogP contribution < -0.4 is 15.6 Å². The molecule has 0 aromatic heterocycles. The van der Waals surface area contributed by atoms with Gasteiger partial charge in [0, 0.05) is 15.7 Å². The van der Waals surface area contributed by atoms with Crippen molar-refractivity contribution in [3.8, 4) is 0 Å². The van der Waals surface area contributed by atoms with E-state index in [1.165, 1.54) is 30.3 Å². The van der Waals surface area contributed by atoms with Gasteiger partial charge in [-0.2, -0.15) is 0 Å². The summed E-state index contributed by atoms with van der Waals surface area (Å²) in [6.07, 6.45) is 0. The van der Waals surface area contributed by atoms with Crippen LogP contribution in [0.15, 0.2) is 53.4 Å². The van der Waals surface area contributed by atoms with Crippen LogP contribution in [0.2, 0.25) is 0 Å². The normalized spacial score (nSPS) is 11.4. The molecule has 0 saturated carbocycles. The van der Waals surface area contributed by atoms with E-state index in [2.05, 4.69) is 20.3 Å². The number of ether oxygens (including phenoxy) is 1. The summed E-state index contributed by atoms with van der Waals surface area (Å²) in [4.78, 5) is 14.3. The Hall–Kier alpha value is -2.68. The van der Waals surface area contributed by atoms with E-state index in [0.29, 0.717) is 3.57 Å². The molecule has 180 valence electrons. The molecule has 0 aliphatic rings. The number of methoxy groups -OCH3 is 1. The molecule has 34 heavy (non-hydrogen) atoms. The molecule has 0 spiro atoms. The van der Waals surface area contributed by atoms with Gasteiger partial charge in [-0.25, -0.2) is 31.8 Å². The largest absolute Gasteiger partial charge is 0.465 e. The summed E-state index contributed by atoms with van der Waals surface area (Å²) in [5, 5.41) is 2.40. The molecule has 3 N–H and O–H groups in total. The summed E-state index contributed by atoms with van der Waals surface area (Å²) in [6.45, 7) is 1.29. The smallest absolute Gasteiger partial charge is 0.340 e. The van der Waals surface area contributed by atoms with Crippen molar-refractivity contribution in [2.45, 2.75) is 18.4 Å². The van der Waals surface area contributed by atoms with Gasteiger partial charge in [-0.3, -0.25) is 0 Å². The SMILES string of the molecule is COC(=O)c1cc(CNNS(=O)(=O)c2ccc(C)cc2)c(F)c(F)c1Nc1ccc(I)cc1F. The number of sulfonamides is 1. The molecule has 0 aliphatic carbocycles. The van der Waals surface area contributed by atoms with E-state index in [-0.39, 0.29) is 16.1 Å². The molecule has 0 saturated heterocycles. The highest BCUT2D eigenvalue weighted by molar-refractivity contribution is 14.1. The van der Waals surface area contributed by atoms with Crippen LogP contribution in [0.3, 0.4) is 0 Å². The lowest BCUT2D eigenvalue weighted by atomic mass is 10.1. The van der Waals surface area contributed by atoms with Gasteiger partial charge in [0.1, 0.15) is 5.82 Å². The lowest BCUT2D eigenvalue weighted by Gasteiger charge is -2.16. The number of rotatable bonds is 8. The minimum absolute atomic E-state index is 0.0356. The minimum Gasteiger partial charge on any atom is -0.465 e. The van der Waals surface area contributed by atoms with Gasteiger partial charge < -0.3 is 10.1 Å². The highest BCUT2D eigenvalue weighted by Gasteiger charge is 2.24. The van der Waals surface area contributed by atoms with Gasteiger partial charge in [-0.05, 0) is 65.9 Å². The fourth-order valence-electron chi connectivity index (χ4n) is 2.93. The second kappa shape index (κ2) is 10.7. The molecule has 3 aromatic carbocycles. The Balaban J connectivity index is 1.88. The predicted octanol–water partition coefficient (Wildman–Crippen LogP) is 4.53. The van der Waals surface area contributed by atoms with Crippen molar-refractivity contribution in [3.63, 3.8) is 0 Å². The van der Waals surface area contributed by atoms with Crippen LogP contribution in [-0.2, 0) is 21.3 Å². The third kappa shape index (κ3) is 5.87. The zero-order chi connectivity index (χ0) is 25.0. The van der Waals surface area contributed by atoms with Crippen LogP contribution in [-0.4, -0.2) is 21.5 Å². The first kappa shape index (κ1) is 25.9. The molecular formula is C22H19F3IN3O4S. The van der Waals surface area contributed by atoms with Crippen LogP contribution in [0.1, 0.15) is 21.5 Å². The van der Waals surface area contributed by atoms with E-state index in [4.69, 9.17) is 0 Å². The maximum atomic E-state index is 14.9. The minimum atomic E-state index is -3.98. The van der Waals surface area contributed by atoms with E-state index in [9.17, 15) is 26.4 Å². The summed E-state index contributed by atoms with van der Waals surface area (Å²) >= 11 is 1.88. The molecule has 7 nitrogen and oxygen atoms in total. The third-order valence-electron chi connectivity index (χ3n) is 4.69. The molecule has 0 amide bonds. The molecule has 0 bridgehead atoms. The van der Waals surface area contributed by atoms with Gasteiger partial charge in [0.25, 0.3) is 10.0 Å². The Morgan fingerprint density at radius 2 is 1.71 bits per heavy atom. The quantitative estimate of drug-likeness (QED) is 0.199. The number of hydrogen-bond acceptors (Lipinski definition) is 6. The van der Waals surface area contributed by atoms with Crippen molar-refractivity contribution in [2.75, 3.05) is 12.4 Å². The first-order valence-electron chi connectivity index (χ1n) is 9.66. The summed E-state index contributed by atoms with van der Waals surface area (Å²) in [6, 6.07) is 11.0. The van der Waals surface area contributed by atoms with Gasteiger partial charge in [-0.15, -0.1) is 4.83 Å². The lowest BCUT2D eigenvalue weighted by molar-refractivity contribution is 0.0601. The molecular weight excluding hydrogens is 586 g/mol. The van der Waals surface area contributed by atoms with Crippen molar-refractivity contribution in [1.82, 2.24) is 10.3 Å². The van der Waals surface area contributed by atoms with Crippen LogP contribution in [0.5, 0.6) is 0 Å². The lowest BCUT2D eigenvalue weighted by Crippen LogP contribution is -2.37. The van der Waals surface area contributed by atoms with Crippen molar-refractivity contribution in [2.24, 2.45) is 0 Å². The summed E-state index contributed by atoms with van der Waals surface area (Å²) in [5.74, 6) is -4.56. The number of carbonyl (C=O) groups excluding carboxylic acids is 1. The molecule has 0 atom stereocenters. The molecule has 0 unspecified atom stereocenters. The van der Waals surface area contributed by atoms with E-state index in [1.807, 2.05) is 22.6 Å². The number of carbonyl (C=O) groups is 1. The number of anilines is 2. The second-order valence-electron chi connectivity index (χ2n) is 7.10. The fraction of sp³-hybridized carbons (Fsp3) is 0.136. The summed E-state index contributed by atoms with van der Waals surface area (Å²) in [5.41, 5.74) is 1.61. The topological polar surface area (TPSA) is 96.5 Å². The van der Waals surface area contributed by atoms with Gasteiger partial charge in [0.05, 0.1) is 28.9 Å². The average Bonchev–Trinajstić information content (AvgIpc) is 2.79. The van der Waals surface area contributed by atoms with E-state index >= 15 is 0 Å². The molecule has 0 heterocycles. The standard InChI is InChI=1S/C22H19F3IN3O4S/c1-12-3-6-15(7-4-12)34(31,32)29-27-11-13-9-16(22(30)33-2)21(20(25)19(13)24)28-18-8-5-14(26)10-17(18)23/h3-10,27-29H,11H2,1-2H3. The van der Waals surface area contributed by atoms with Crippen LogP contribution >= 0.6 is 22.6 Å². The highest BCUT2D eigenvalue weighted by Crippen LogP contribution is 2.31. The van der Waals surface area contributed by atoms with Crippen molar-refractivity contribution < 1.29 is 31.1 Å². The zero-order valence-corrected chi connectivity index (χ0v) is 20.9. The van der Waals surface area contributed by atoms with Gasteiger partial charge in [0.2, 0.25) is 0 Å². The fourth-order valence-corrected chi connectivity index (χ4v) is 4.26. The maximum absolute atomic E-state index is 14.9. The number of hydrogen-bond donors (Lipinski definition) is 3. The number of aryl methyl sites for hydroxylation is 1. The average molecular weight is 605 g/mol. The molecule has 3 aromatic rings. The Morgan fingerprint density at radius 1 is 1.03 bits per heavy atom. The first-order valence-corrected chi connectivity index (χ1v) is 12.2. The Bertz CT molecular complexity index is 1340. The summed E-state index contributed by atoms with van der Waals surface area (Å²) < 4.78 is 73.9. The van der Waals surface area contributed by atoms with Crippen LogP contribution in [0, 0.1) is 27.9 Å². The highest BCUT2D eigenvalue weighted by atomic mass is 127. The van der Waals surface area contributed by atoms with Crippen molar-refractivity contribution in [1.29, 1.82) is 0 Å². The van der Waals surface area contributed by atoms with E-state index in [1.54, 1.807) is 19.1 Å². The second-order valence-corrected chi connectivity index (χ2v) is 10.0. The Kier molecular flexibility index (Phi) is 8.17. The number of nitrogens with one attached hydrogen (secondary N) is 3. The summed E-state index contributed by atoms with van der Waals surface area (Å²) in [7, 11) is -2.93. The molecule has 12 heteroatoms. The third-order valence-corrected chi connectivity index (χ3v) is 6.67. The van der Waals surface area contributed by atoms with Gasteiger partial charge in [0.15, 0.2) is 11.6 Å². The van der Waals surface area contributed by atoms with Crippen molar-refractivity contribution in [3.05, 3.63) is 86.2 Å². The predicted molar refractivity (Wildman–Crippen MR) is 128 cm³/mol. The Labute approximate surface area is 207 Å². The van der Waals surface area contributed by atoms with Gasteiger partial charge >= 0.3 is 5.97 Å². The number of benzene rings is 3. The molecule has 0 fully saturated rings.